The molecule has 0 radical (unpaired) electrons. The Hall–Kier alpha value is -0.900. The molecule has 0 bridgehead atoms. The number of rotatable bonds is 6. The molecule has 0 fully saturated rings. The van der Waals surface area contributed by atoms with Crippen LogP contribution in [-0.4, -0.2) is 25.0 Å². The largest absolute Gasteiger partial charge is 0.393 e. The van der Waals surface area contributed by atoms with Crippen LogP contribution in [0.4, 0.5) is 0 Å². The van der Waals surface area contributed by atoms with Gasteiger partial charge in [0.1, 0.15) is 0 Å². The molecule has 0 spiro atoms. The van der Waals surface area contributed by atoms with Gasteiger partial charge in [0.2, 0.25) is 0 Å². The average Bonchev–Trinajstić information content (AvgIpc) is 2.02. The fourth-order valence-corrected chi connectivity index (χ4v) is 0.829. The van der Waals surface area contributed by atoms with Gasteiger partial charge in [-0.15, -0.1) is 0 Å². The van der Waals surface area contributed by atoms with E-state index in [2.05, 4.69) is 17.0 Å². The minimum Gasteiger partial charge on any atom is -0.393 e. The molecule has 4 nitrogen and oxygen atoms in total. The van der Waals surface area contributed by atoms with Crippen LogP contribution in [0.15, 0.2) is 0 Å². The average molecular weight is 187 g/mol. The van der Waals surface area contributed by atoms with Crippen LogP contribution in [0.25, 0.3) is 0 Å². The Bertz CT molecular complexity index is 168. The number of hydrogen-bond donors (Lipinski definition) is 1. The van der Waals surface area contributed by atoms with Gasteiger partial charge >= 0.3 is 11.9 Å². The Balaban J connectivity index is 3.22. The summed E-state index contributed by atoms with van der Waals surface area (Å²) in [7, 11) is 0. The molecule has 0 amide bonds. The molecule has 76 valence electrons. The highest BCUT2D eigenvalue weighted by Gasteiger charge is 2.04. The molecule has 0 aliphatic heterocycles. The summed E-state index contributed by atoms with van der Waals surface area (Å²) in [5.41, 5.74) is 0. The third kappa shape index (κ3) is 9.01. The zero-order chi connectivity index (χ0) is 10.1. The smallest absolute Gasteiger partial charge is 0.314 e. The van der Waals surface area contributed by atoms with Gasteiger partial charge in [-0.1, -0.05) is 13.3 Å². The van der Waals surface area contributed by atoms with Crippen molar-refractivity contribution in [3.05, 3.63) is 0 Å². The summed E-state index contributed by atoms with van der Waals surface area (Å²) in [5, 5.41) is 3.08. The maximum absolute atomic E-state index is 10.8. The predicted molar refractivity (Wildman–Crippen MR) is 49.2 cm³/mol. The van der Waals surface area contributed by atoms with Gasteiger partial charge in [0.15, 0.2) is 0 Å². The lowest BCUT2D eigenvalue weighted by atomic mass is 10.3. The van der Waals surface area contributed by atoms with Crippen LogP contribution < -0.4 is 5.32 Å². The molecule has 0 atom stereocenters. The molecule has 13 heavy (non-hydrogen) atoms. The highest BCUT2D eigenvalue weighted by molar-refractivity contribution is 5.84. The van der Waals surface area contributed by atoms with Crippen molar-refractivity contribution in [2.75, 3.05) is 13.1 Å². The molecule has 0 saturated heterocycles. The van der Waals surface area contributed by atoms with Crippen molar-refractivity contribution in [1.82, 2.24) is 5.32 Å². The molecule has 1 N–H and O–H groups in total. The molecule has 0 unspecified atom stereocenters. The van der Waals surface area contributed by atoms with Gasteiger partial charge in [-0.25, -0.2) is 0 Å². The number of ether oxygens (including phenoxy) is 1. The lowest BCUT2D eigenvalue weighted by molar-refractivity contribution is -0.157. The van der Waals surface area contributed by atoms with E-state index in [1.54, 1.807) is 0 Å². The Morgan fingerprint density at radius 2 is 2.00 bits per heavy atom. The Morgan fingerprint density at radius 1 is 1.31 bits per heavy atom. The summed E-state index contributed by atoms with van der Waals surface area (Å²) in [6.45, 7) is 4.81. The summed E-state index contributed by atoms with van der Waals surface area (Å²) in [6, 6.07) is 0. The number of carbonyl (C=O) groups excluding carboxylic acids is 2. The number of esters is 2. The van der Waals surface area contributed by atoms with E-state index >= 15 is 0 Å². The van der Waals surface area contributed by atoms with E-state index in [1.807, 2.05) is 0 Å². The summed E-state index contributed by atoms with van der Waals surface area (Å²) >= 11 is 0. The van der Waals surface area contributed by atoms with Crippen LogP contribution in [0.2, 0.25) is 0 Å². The van der Waals surface area contributed by atoms with Crippen LogP contribution in [0.1, 0.15) is 33.1 Å². The summed E-state index contributed by atoms with van der Waals surface area (Å²) in [4.78, 5) is 21.1. The monoisotopic (exact) mass is 187 g/mol. The molecule has 0 aromatic carbocycles. The normalized spacial score (nSPS) is 9.69. The first-order valence-electron chi connectivity index (χ1n) is 4.58. The van der Waals surface area contributed by atoms with Crippen LogP contribution in [0.3, 0.4) is 0 Å². The highest BCUT2D eigenvalue weighted by Crippen LogP contribution is 1.87. The van der Waals surface area contributed by atoms with E-state index in [4.69, 9.17) is 0 Å². The van der Waals surface area contributed by atoms with E-state index in [1.165, 1.54) is 6.92 Å². The minimum atomic E-state index is -0.543. The van der Waals surface area contributed by atoms with Gasteiger partial charge in [0, 0.05) is 13.5 Å². The minimum absolute atomic E-state index is 0.253. The van der Waals surface area contributed by atoms with Crippen LogP contribution >= 0.6 is 0 Å². The van der Waals surface area contributed by atoms with Gasteiger partial charge < -0.3 is 10.1 Å². The van der Waals surface area contributed by atoms with Crippen LogP contribution in [-0.2, 0) is 14.3 Å². The fraction of sp³-hybridized carbons (Fsp3) is 0.778. The molecule has 0 aliphatic rings. The molecule has 4 heteroatoms. The lowest BCUT2D eigenvalue weighted by Gasteiger charge is -2.02. The van der Waals surface area contributed by atoms with Gasteiger partial charge in [0.05, 0.1) is 6.42 Å². The Morgan fingerprint density at radius 3 is 2.54 bits per heavy atom. The summed E-state index contributed by atoms with van der Waals surface area (Å²) in [5.74, 6) is -1.00. The highest BCUT2D eigenvalue weighted by atomic mass is 16.6. The van der Waals surface area contributed by atoms with E-state index < -0.39 is 11.9 Å². The van der Waals surface area contributed by atoms with Crippen molar-refractivity contribution in [2.24, 2.45) is 0 Å². The van der Waals surface area contributed by atoms with E-state index in [0.717, 1.165) is 19.4 Å². The van der Waals surface area contributed by atoms with E-state index in [9.17, 15) is 9.59 Å². The summed E-state index contributed by atoms with van der Waals surface area (Å²) < 4.78 is 4.34. The third-order valence-electron chi connectivity index (χ3n) is 1.47. The molecule has 0 aliphatic carbocycles. The molecular formula is C9H17NO3. The maximum Gasteiger partial charge on any atom is 0.314 e. The zero-order valence-electron chi connectivity index (χ0n) is 8.26. The van der Waals surface area contributed by atoms with Crippen molar-refractivity contribution in [2.45, 2.75) is 33.1 Å². The maximum atomic E-state index is 10.8. The summed E-state index contributed by atoms with van der Waals surface area (Å²) in [6.07, 6.45) is 2.48. The van der Waals surface area contributed by atoms with Crippen molar-refractivity contribution >= 4 is 11.9 Å². The molecule has 0 rings (SSSR count). The van der Waals surface area contributed by atoms with Crippen LogP contribution in [0, 0.1) is 0 Å². The molecule has 0 saturated carbocycles. The topological polar surface area (TPSA) is 55.4 Å². The van der Waals surface area contributed by atoms with Crippen molar-refractivity contribution < 1.29 is 14.3 Å². The quantitative estimate of drug-likeness (QED) is 0.380. The van der Waals surface area contributed by atoms with Crippen molar-refractivity contribution in [1.29, 1.82) is 0 Å². The number of hydrogen-bond acceptors (Lipinski definition) is 4. The SMILES string of the molecule is CCCCNCCC(=O)OC(C)=O. The van der Waals surface area contributed by atoms with Gasteiger partial charge in [-0.2, -0.15) is 0 Å². The molecular weight excluding hydrogens is 170 g/mol. The molecule has 0 heterocycles. The first-order chi connectivity index (χ1) is 6.16. The standard InChI is InChI=1S/C9H17NO3/c1-3-4-6-10-7-5-9(12)13-8(2)11/h10H,3-7H2,1-2H3. The van der Waals surface area contributed by atoms with E-state index in [0.29, 0.717) is 6.54 Å². The number of carbonyl (C=O) groups is 2. The lowest BCUT2D eigenvalue weighted by Crippen LogP contribution is -2.21. The first-order valence-corrected chi connectivity index (χ1v) is 4.58. The fourth-order valence-electron chi connectivity index (χ4n) is 0.829. The van der Waals surface area contributed by atoms with Gasteiger partial charge in [0.25, 0.3) is 0 Å². The first kappa shape index (κ1) is 12.1. The molecule has 0 aromatic rings. The third-order valence-corrected chi connectivity index (χ3v) is 1.47. The Kier molecular flexibility index (Phi) is 7.20. The van der Waals surface area contributed by atoms with Crippen molar-refractivity contribution in [3.63, 3.8) is 0 Å². The van der Waals surface area contributed by atoms with Gasteiger partial charge in [-0.05, 0) is 13.0 Å². The predicted octanol–water partition coefficient (Wildman–Crippen LogP) is 0.856. The second-order valence-corrected chi connectivity index (χ2v) is 2.82. The van der Waals surface area contributed by atoms with Crippen molar-refractivity contribution in [3.8, 4) is 0 Å². The second-order valence-electron chi connectivity index (χ2n) is 2.82. The molecule has 0 aromatic heterocycles. The van der Waals surface area contributed by atoms with Crippen LogP contribution in [0.5, 0.6) is 0 Å². The second kappa shape index (κ2) is 7.73. The van der Waals surface area contributed by atoms with E-state index in [-0.39, 0.29) is 6.42 Å². The number of nitrogens with one attached hydrogen (secondary N) is 1. The zero-order valence-corrected chi connectivity index (χ0v) is 8.26. The van der Waals surface area contributed by atoms with Gasteiger partial charge in [-0.3, -0.25) is 9.59 Å². The Labute approximate surface area is 78.6 Å². The number of unbranched alkanes of at least 4 members (excludes halogenated alkanes) is 1.